The predicted octanol–water partition coefficient (Wildman–Crippen LogP) is 2.21. The quantitative estimate of drug-likeness (QED) is 0.567. The molecule has 4 aromatic heterocycles. The van der Waals surface area contributed by atoms with Crippen LogP contribution in [0.5, 0.6) is 0 Å². The summed E-state index contributed by atoms with van der Waals surface area (Å²) >= 11 is 0. The molecular formula is C20H19N7O. The maximum Gasteiger partial charge on any atom is 0.229 e. The molecule has 4 heterocycles. The van der Waals surface area contributed by atoms with E-state index in [1.807, 2.05) is 38.4 Å². The topological polar surface area (TPSA) is 111 Å². The highest BCUT2D eigenvalue weighted by Crippen LogP contribution is 2.48. The molecule has 8 nitrogen and oxygen atoms in total. The molecule has 140 valence electrons. The van der Waals surface area contributed by atoms with E-state index >= 15 is 0 Å². The Morgan fingerprint density at radius 2 is 2.04 bits per heavy atom. The van der Waals surface area contributed by atoms with Crippen molar-refractivity contribution in [1.82, 2.24) is 24.6 Å². The summed E-state index contributed by atoms with van der Waals surface area (Å²) in [6.45, 7) is 2.01. The molecule has 28 heavy (non-hydrogen) atoms. The number of aromatic nitrogens is 5. The molecule has 0 radical (unpaired) electrons. The number of nitrogens with one attached hydrogen (secondary N) is 1. The molecule has 0 saturated heterocycles. The van der Waals surface area contributed by atoms with Crippen molar-refractivity contribution in [3.63, 3.8) is 0 Å². The lowest BCUT2D eigenvalue weighted by molar-refractivity contribution is -0.120. The zero-order valence-electron chi connectivity index (χ0n) is 15.6. The molecular weight excluding hydrogens is 354 g/mol. The zero-order valence-corrected chi connectivity index (χ0v) is 15.6. The van der Waals surface area contributed by atoms with E-state index in [0.29, 0.717) is 17.3 Å². The van der Waals surface area contributed by atoms with Gasteiger partial charge in [-0.1, -0.05) is 6.07 Å². The zero-order chi connectivity index (χ0) is 19.5. The Morgan fingerprint density at radius 3 is 2.75 bits per heavy atom. The Hall–Kier alpha value is -3.55. The summed E-state index contributed by atoms with van der Waals surface area (Å²) in [6, 6.07) is 5.87. The first-order valence-corrected chi connectivity index (χ1v) is 9.12. The van der Waals surface area contributed by atoms with Crippen molar-refractivity contribution < 1.29 is 4.79 Å². The molecule has 0 bridgehead atoms. The molecule has 3 N–H and O–H groups in total. The van der Waals surface area contributed by atoms with E-state index in [0.717, 1.165) is 40.4 Å². The van der Waals surface area contributed by atoms with Gasteiger partial charge in [0.15, 0.2) is 11.5 Å². The van der Waals surface area contributed by atoms with Crippen LogP contribution in [-0.4, -0.2) is 37.5 Å². The van der Waals surface area contributed by atoms with Gasteiger partial charge in [0.2, 0.25) is 5.91 Å². The Labute approximate surface area is 160 Å². The van der Waals surface area contributed by atoms with Crippen molar-refractivity contribution in [2.24, 2.45) is 5.73 Å². The van der Waals surface area contributed by atoms with E-state index in [1.165, 1.54) is 0 Å². The van der Waals surface area contributed by atoms with Gasteiger partial charge in [0.1, 0.15) is 5.82 Å². The molecule has 1 amide bonds. The minimum atomic E-state index is -0.655. The van der Waals surface area contributed by atoms with E-state index in [4.69, 9.17) is 5.73 Å². The van der Waals surface area contributed by atoms with Crippen molar-refractivity contribution in [3.05, 3.63) is 48.0 Å². The van der Waals surface area contributed by atoms with Crippen molar-refractivity contribution in [2.75, 3.05) is 12.4 Å². The highest BCUT2D eigenvalue weighted by Gasteiger charge is 2.51. The van der Waals surface area contributed by atoms with Crippen LogP contribution >= 0.6 is 0 Å². The lowest BCUT2D eigenvalue weighted by atomic mass is 9.97. The molecule has 1 saturated carbocycles. The first-order valence-electron chi connectivity index (χ1n) is 9.12. The number of anilines is 1. The van der Waals surface area contributed by atoms with Crippen LogP contribution in [0.3, 0.4) is 0 Å². The molecule has 1 aliphatic carbocycles. The lowest BCUT2D eigenvalue weighted by Gasteiger charge is -2.13. The third-order valence-electron chi connectivity index (χ3n) is 5.44. The second-order valence-electron chi connectivity index (χ2n) is 7.28. The Bertz CT molecular complexity index is 1260. The fraction of sp³-hybridized carbons (Fsp3) is 0.250. The summed E-state index contributed by atoms with van der Waals surface area (Å²) in [6.07, 6.45) is 6.89. The van der Waals surface area contributed by atoms with E-state index in [2.05, 4.69) is 25.4 Å². The lowest BCUT2D eigenvalue weighted by Crippen LogP contribution is -2.29. The SMILES string of the molecule is CNc1ncc(-c2nc3ccc(C)cn3n2)c2cc(C3(C(N)=O)CC3)ncc12. The fourth-order valence-electron chi connectivity index (χ4n) is 3.63. The van der Waals surface area contributed by atoms with Gasteiger partial charge < -0.3 is 11.1 Å². The third-order valence-corrected chi connectivity index (χ3v) is 5.44. The van der Waals surface area contributed by atoms with Gasteiger partial charge in [0.05, 0.1) is 11.1 Å². The number of nitrogens with zero attached hydrogens (tertiary/aromatic N) is 5. The Morgan fingerprint density at radius 1 is 1.21 bits per heavy atom. The number of fused-ring (bicyclic) bond motifs is 2. The smallest absolute Gasteiger partial charge is 0.229 e. The van der Waals surface area contributed by atoms with Crippen LogP contribution in [0, 0.1) is 6.92 Å². The maximum atomic E-state index is 12.0. The average Bonchev–Trinajstić information content (AvgIpc) is 3.41. The van der Waals surface area contributed by atoms with Crippen LogP contribution in [0.4, 0.5) is 5.82 Å². The third kappa shape index (κ3) is 2.34. The number of pyridine rings is 3. The van der Waals surface area contributed by atoms with Crippen LogP contribution in [0.25, 0.3) is 27.8 Å². The monoisotopic (exact) mass is 373 g/mol. The molecule has 0 spiro atoms. The summed E-state index contributed by atoms with van der Waals surface area (Å²) < 4.78 is 1.76. The molecule has 1 fully saturated rings. The summed E-state index contributed by atoms with van der Waals surface area (Å²) in [5, 5.41) is 9.46. The van der Waals surface area contributed by atoms with Crippen LogP contribution in [0.2, 0.25) is 0 Å². The number of aryl methyl sites for hydroxylation is 1. The van der Waals surface area contributed by atoms with E-state index < -0.39 is 5.41 Å². The highest BCUT2D eigenvalue weighted by molar-refractivity contribution is 6.01. The van der Waals surface area contributed by atoms with Gasteiger partial charge in [0, 0.05) is 42.0 Å². The van der Waals surface area contributed by atoms with E-state index in [1.54, 1.807) is 16.9 Å². The van der Waals surface area contributed by atoms with Crippen molar-refractivity contribution >= 4 is 28.1 Å². The number of hydrogen-bond donors (Lipinski definition) is 2. The molecule has 0 aromatic carbocycles. The van der Waals surface area contributed by atoms with Crippen LogP contribution < -0.4 is 11.1 Å². The summed E-state index contributed by atoms with van der Waals surface area (Å²) in [5.41, 5.74) is 8.34. The van der Waals surface area contributed by atoms with Crippen LogP contribution in [0.1, 0.15) is 24.1 Å². The minimum Gasteiger partial charge on any atom is -0.373 e. The Balaban J connectivity index is 1.76. The molecule has 8 heteroatoms. The van der Waals surface area contributed by atoms with Gasteiger partial charge in [-0.15, -0.1) is 5.10 Å². The average molecular weight is 373 g/mol. The largest absolute Gasteiger partial charge is 0.373 e. The molecule has 1 aliphatic rings. The second kappa shape index (κ2) is 5.72. The number of carbonyl (C=O) groups excluding carboxylic acids is 1. The summed E-state index contributed by atoms with van der Waals surface area (Å²) in [5.74, 6) is 0.957. The normalized spacial score (nSPS) is 15.1. The standard InChI is InChI=1S/C20H19N7O/c1-11-3-4-16-25-18(26-27(16)10-11)14-9-24-17(22-2)13-8-23-15(7-12(13)14)20(5-6-20)19(21)28/h3-4,7-10H,5-6H2,1-2H3,(H2,21,28)(H,22,24). The van der Waals surface area contributed by atoms with E-state index in [9.17, 15) is 4.79 Å². The van der Waals surface area contributed by atoms with Crippen LogP contribution in [-0.2, 0) is 10.2 Å². The molecule has 0 atom stereocenters. The van der Waals surface area contributed by atoms with Gasteiger partial charge in [-0.3, -0.25) is 9.78 Å². The van der Waals surface area contributed by atoms with E-state index in [-0.39, 0.29) is 5.91 Å². The van der Waals surface area contributed by atoms with Gasteiger partial charge in [-0.2, -0.15) is 0 Å². The van der Waals surface area contributed by atoms with Crippen molar-refractivity contribution in [2.45, 2.75) is 25.2 Å². The van der Waals surface area contributed by atoms with Crippen molar-refractivity contribution in [1.29, 1.82) is 0 Å². The number of nitrogens with two attached hydrogens (primary N) is 1. The highest BCUT2D eigenvalue weighted by atomic mass is 16.1. The fourth-order valence-corrected chi connectivity index (χ4v) is 3.63. The van der Waals surface area contributed by atoms with Crippen LogP contribution in [0.15, 0.2) is 36.8 Å². The number of carbonyl (C=O) groups is 1. The molecule has 0 aliphatic heterocycles. The van der Waals surface area contributed by atoms with Crippen molar-refractivity contribution in [3.8, 4) is 11.4 Å². The number of primary amides is 1. The number of hydrogen-bond acceptors (Lipinski definition) is 6. The first-order chi connectivity index (χ1) is 13.5. The molecule has 0 unspecified atom stereocenters. The van der Waals surface area contributed by atoms with Gasteiger partial charge in [0.25, 0.3) is 0 Å². The number of rotatable bonds is 4. The van der Waals surface area contributed by atoms with Gasteiger partial charge >= 0.3 is 0 Å². The summed E-state index contributed by atoms with van der Waals surface area (Å²) in [4.78, 5) is 25.7. The molecule has 5 rings (SSSR count). The second-order valence-corrected chi connectivity index (χ2v) is 7.28. The summed E-state index contributed by atoms with van der Waals surface area (Å²) in [7, 11) is 1.81. The van der Waals surface area contributed by atoms with Gasteiger partial charge in [-0.05, 0) is 37.5 Å². The number of amides is 1. The first kappa shape index (κ1) is 16.6. The predicted molar refractivity (Wildman–Crippen MR) is 106 cm³/mol. The molecule has 4 aromatic rings. The Kier molecular flexibility index (Phi) is 3.39. The minimum absolute atomic E-state index is 0.329. The van der Waals surface area contributed by atoms with Gasteiger partial charge in [-0.25, -0.2) is 14.5 Å². The maximum absolute atomic E-state index is 12.0.